The van der Waals surface area contributed by atoms with Crippen molar-refractivity contribution < 1.29 is 13.5 Å². The third kappa shape index (κ3) is 5.07. The van der Waals surface area contributed by atoms with E-state index in [1.807, 2.05) is 33.0 Å². The van der Waals surface area contributed by atoms with E-state index in [1.54, 1.807) is 0 Å². The Hall–Kier alpha value is -0.910. The lowest BCUT2D eigenvalue weighted by atomic mass is 10.0. The lowest BCUT2D eigenvalue weighted by Gasteiger charge is -2.32. The van der Waals surface area contributed by atoms with E-state index in [4.69, 9.17) is 0 Å². The molecule has 0 saturated carbocycles. The number of likely N-dealkylation sites (N-methyl/N-ethyl adjacent to an activating group) is 1. The van der Waals surface area contributed by atoms with E-state index >= 15 is 0 Å². The van der Waals surface area contributed by atoms with E-state index in [9.17, 15) is 8.78 Å². The van der Waals surface area contributed by atoms with Crippen molar-refractivity contribution >= 4 is 12.4 Å². The summed E-state index contributed by atoms with van der Waals surface area (Å²) in [7, 11) is 2.00. The molecular weight excluding hydrogens is 310 g/mol. The number of piperidine rings is 1. The Morgan fingerprint density at radius 3 is 2.50 bits per heavy atom. The van der Waals surface area contributed by atoms with Gasteiger partial charge < -0.3 is 10.1 Å². The number of hydrogen-bond acceptors (Lipinski definition) is 3. The number of likely N-dealkylation sites (tertiary alicyclic amines) is 1. The fraction of sp³-hybridized carbons (Fsp3) is 0.625. The molecule has 0 spiro atoms. The first kappa shape index (κ1) is 19.1. The molecule has 0 aliphatic carbocycles. The number of aryl methyl sites for hydroxylation is 2. The van der Waals surface area contributed by atoms with Gasteiger partial charge in [0.05, 0.1) is 0 Å². The molecule has 1 atom stereocenters. The van der Waals surface area contributed by atoms with Gasteiger partial charge in [-0.05, 0) is 57.0 Å². The van der Waals surface area contributed by atoms with Gasteiger partial charge in [-0.25, -0.2) is 0 Å². The summed E-state index contributed by atoms with van der Waals surface area (Å²) in [6.45, 7) is 3.85. The summed E-state index contributed by atoms with van der Waals surface area (Å²) in [4.78, 5) is 2.41. The van der Waals surface area contributed by atoms with Crippen LogP contribution < -0.4 is 10.1 Å². The van der Waals surface area contributed by atoms with E-state index in [2.05, 4.69) is 15.0 Å². The quantitative estimate of drug-likeness (QED) is 0.891. The van der Waals surface area contributed by atoms with Crippen LogP contribution in [0.15, 0.2) is 12.1 Å². The summed E-state index contributed by atoms with van der Waals surface area (Å²) in [6.07, 6.45) is 2.41. The molecular formula is C16H25ClF2N2O. The lowest BCUT2D eigenvalue weighted by Crippen LogP contribution is -2.43. The fourth-order valence-corrected chi connectivity index (χ4v) is 3.10. The molecule has 1 heterocycles. The average molecular weight is 335 g/mol. The number of alkyl halides is 2. The average Bonchev–Trinajstić information content (AvgIpc) is 2.43. The first-order chi connectivity index (χ1) is 9.99. The van der Waals surface area contributed by atoms with Crippen LogP contribution in [-0.4, -0.2) is 37.7 Å². The molecule has 1 aromatic carbocycles. The monoisotopic (exact) mass is 334 g/mol. The minimum absolute atomic E-state index is 0. The van der Waals surface area contributed by atoms with Gasteiger partial charge in [0.25, 0.3) is 0 Å². The van der Waals surface area contributed by atoms with Crippen molar-refractivity contribution in [1.29, 1.82) is 0 Å². The first-order valence-corrected chi connectivity index (χ1v) is 7.44. The van der Waals surface area contributed by atoms with Crippen LogP contribution in [0.2, 0.25) is 0 Å². The van der Waals surface area contributed by atoms with Crippen molar-refractivity contribution in [3.8, 4) is 5.75 Å². The van der Waals surface area contributed by atoms with Crippen LogP contribution in [0, 0.1) is 13.8 Å². The number of nitrogens with zero attached hydrogens (tertiary/aromatic N) is 1. The zero-order valence-electron chi connectivity index (χ0n) is 13.4. The predicted molar refractivity (Wildman–Crippen MR) is 87.2 cm³/mol. The van der Waals surface area contributed by atoms with Crippen LogP contribution in [0.1, 0.15) is 29.5 Å². The molecule has 0 bridgehead atoms. The highest BCUT2D eigenvalue weighted by Crippen LogP contribution is 2.27. The fourth-order valence-electron chi connectivity index (χ4n) is 3.10. The molecule has 1 aliphatic rings. The molecule has 1 fully saturated rings. The van der Waals surface area contributed by atoms with Gasteiger partial charge in [-0.3, -0.25) is 4.90 Å². The van der Waals surface area contributed by atoms with Crippen LogP contribution in [-0.2, 0) is 6.54 Å². The standard InChI is InChI=1S/C16H24F2N2O.ClH/c1-11-7-13(8-12(2)15(11)21-16(17)18)9-20-6-4-5-14(10-20)19-3;/h7-8,14,16,19H,4-6,9-10H2,1-3H3;1H. The molecule has 22 heavy (non-hydrogen) atoms. The second kappa shape index (κ2) is 8.65. The molecule has 1 aliphatic heterocycles. The Labute approximate surface area is 137 Å². The van der Waals surface area contributed by atoms with Gasteiger partial charge in [0.2, 0.25) is 0 Å². The summed E-state index contributed by atoms with van der Waals surface area (Å²) in [5.41, 5.74) is 2.70. The van der Waals surface area contributed by atoms with Gasteiger partial charge in [0.15, 0.2) is 0 Å². The van der Waals surface area contributed by atoms with Crippen LogP contribution in [0.3, 0.4) is 0 Å². The van der Waals surface area contributed by atoms with Gasteiger partial charge in [-0.2, -0.15) is 8.78 Å². The van der Waals surface area contributed by atoms with Gasteiger partial charge in [0, 0.05) is 19.1 Å². The molecule has 6 heteroatoms. The number of halogens is 3. The first-order valence-electron chi connectivity index (χ1n) is 7.44. The third-order valence-corrected chi connectivity index (χ3v) is 4.05. The second-order valence-corrected chi connectivity index (χ2v) is 5.80. The van der Waals surface area contributed by atoms with Crippen molar-refractivity contribution in [3.05, 3.63) is 28.8 Å². The van der Waals surface area contributed by atoms with E-state index < -0.39 is 6.61 Å². The summed E-state index contributed by atoms with van der Waals surface area (Å²) in [5.74, 6) is 0.306. The van der Waals surface area contributed by atoms with Crippen LogP contribution in [0.25, 0.3) is 0 Å². The van der Waals surface area contributed by atoms with Gasteiger partial charge in [-0.15, -0.1) is 12.4 Å². The molecule has 0 radical (unpaired) electrons. The van der Waals surface area contributed by atoms with Crippen LogP contribution >= 0.6 is 12.4 Å². The maximum absolute atomic E-state index is 12.4. The van der Waals surface area contributed by atoms with Crippen molar-refractivity contribution in [2.75, 3.05) is 20.1 Å². The topological polar surface area (TPSA) is 24.5 Å². The Bertz CT molecular complexity index is 462. The molecule has 1 unspecified atom stereocenters. The maximum Gasteiger partial charge on any atom is 0.387 e. The molecule has 126 valence electrons. The molecule has 1 aromatic rings. The van der Waals surface area contributed by atoms with E-state index in [1.165, 1.54) is 12.8 Å². The number of nitrogens with one attached hydrogen (secondary N) is 1. The molecule has 0 amide bonds. The van der Waals surface area contributed by atoms with Gasteiger partial charge >= 0.3 is 6.61 Å². The van der Waals surface area contributed by atoms with E-state index in [0.717, 1.165) is 36.3 Å². The predicted octanol–water partition coefficient (Wildman–Crippen LogP) is 3.51. The molecule has 2 rings (SSSR count). The number of hydrogen-bond donors (Lipinski definition) is 1. The van der Waals surface area contributed by atoms with Gasteiger partial charge in [0.1, 0.15) is 5.75 Å². The maximum atomic E-state index is 12.4. The summed E-state index contributed by atoms with van der Waals surface area (Å²) >= 11 is 0. The Morgan fingerprint density at radius 2 is 1.95 bits per heavy atom. The number of rotatable bonds is 5. The van der Waals surface area contributed by atoms with E-state index in [0.29, 0.717) is 11.8 Å². The minimum atomic E-state index is -2.77. The molecule has 0 aromatic heterocycles. The third-order valence-electron chi connectivity index (χ3n) is 4.05. The highest BCUT2D eigenvalue weighted by molar-refractivity contribution is 5.85. The number of ether oxygens (including phenoxy) is 1. The Kier molecular flexibility index (Phi) is 7.53. The van der Waals surface area contributed by atoms with E-state index in [-0.39, 0.29) is 12.4 Å². The van der Waals surface area contributed by atoms with Crippen molar-refractivity contribution in [1.82, 2.24) is 10.2 Å². The van der Waals surface area contributed by atoms with Crippen molar-refractivity contribution in [2.24, 2.45) is 0 Å². The minimum Gasteiger partial charge on any atom is -0.434 e. The normalized spacial score (nSPS) is 19.1. The molecule has 1 N–H and O–H groups in total. The van der Waals surface area contributed by atoms with Crippen molar-refractivity contribution in [3.63, 3.8) is 0 Å². The van der Waals surface area contributed by atoms with Crippen molar-refractivity contribution in [2.45, 2.75) is 45.9 Å². The highest BCUT2D eigenvalue weighted by Gasteiger charge is 2.19. The zero-order chi connectivity index (χ0) is 15.4. The smallest absolute Gasteiger partial charge is 0.387 e. The number of benzene rings is 1. The lowest BCUT2D eigenvalue weighted by molar-refractivity contribution is -0.0507. The SMILES string of the molecule is CNC1CCCN(Cc2cc(C)c(OC(F)F)c(C)c2)C1.Cl. The Balaban J connectivity index is 0.00000242. The van der Waals surface area contributed by atoms with Crippen LogP contribution in [0.4, 0.5) is 8.78 Å². The zero-order valence-corrected chi connectivity index (χ0v) is 14.2. The largest absolute Gasteiger partial charge is 0.434 e. The summed E-state index contributed by atoms with van der Waals surface area (Å²) in [5, 5.41) is 3.33. The van der Waals surface area contributed by atoms with Crippen LogP contribution in [0.5, 0.6) is 5.75 Å². The molecule has 1 saturated heterocycles. The summed E-state index contributed by atoms with van der Waals surface area (Å²) in [6, 6.07) is 4.45. The van der Waals surface area contributed by atoms with Gasteiger partial charge in [-0.1, -0.05) is 12.1 Å². The second-order valence-electron chi connectivity index (χ2n) is 5.80. The molecule has 3 nitrogen and oxygen atoms in total. The highest BCUT2D eigenvalue weighted by atomic mass is 35.5. The Morgan fingerprint density at radius 1 is 1.32 bits per heavy atom. The summed E-state index contributed by atoms with van der Waals surface area (Å²) < 4.78 is 29.4.